The second-order valence-electron chi connectivity index (χ2n) is 5.20. The number of carboxylic acid groups (broad SMARTS) is 2. The molecule has 1 unspecified atom stereocenters. The molecule has 2 N–H and O–H groups in total. The van der Waals surface area contributed by atoms with Gasteiger partial charge in [-0.25, -0.2) is 4.79 Å². The number of aliphatic carboxylic acids is 1. The van der Waals surface area contributed by atoms with E-state index in [0.29, 0.717) is 17.1 Å². The van der Waals surface area contributed by atoms with E-state index >= 15 is 0 Å². The second-order valence-corrected chi connectivity index (χ2v) is 5.20. The van der Waals surface area contributed by atoms with Crippen molar-refractivity contribution in [2.45, 2.75) is 12.3 Å². The normalized spacial score (nSPS) is 11.6. The molecule has 0 fully saturated rings. The number of rotatable bonds is 7. The first-order valence-corrected chi connectivity index (χ1v) is 7.23. The third-order valence-electron chi connectivity index (χ3n) is 3.78. The van der Waals surface area contributed by atoms with Crippen molar-refractivity contribution in [2.75, 3.05) is 14.2 Å². The van der Waals surface area contributed by atoms with Gasteiger partial charge in [0.15, 0.2) is 0 Å². The molecule has 0 bridgehead atoms. The lowest BCUT2D eigenvalue weighted by atomic mass is 9.91. The first-order chi connectivity index (χ1) is 11.5. The molecular formula is C18H18O6. The van der Waals surface area contributed by atoms with Gasteiger partial charge in [-0.2, -0.15) is 0 Å². The van der Waals surface area contributed by atoms with E-state index in [1.807, 2.05) is 0 Å². The van der Waals surface area contributed by atoms with Crippen LogP contribution in [0.4, 0.5) is 0 Å². The van der Waals surface area contributed by atoms with Gasteiger partial charge in [0.2, 0.25) is 0 Å². The number of hydrogen-bond acceptors (Lipinski definition) is 4. The number of methoxy groups -OCH3 is 2. The molecule has 0 saturated carbocycles. The van der Waals surface area contributed by atoms with E-state index in [9.17, 15) is 14.7 Å². The second kappa shape index (κ2) is 7.50. The number of benzene rings is 2. The summed E-state index contributed by atoms with van der Waals surface area (Å²) in [5, 5.41) is 18.5. The first-order valence-electron chi connectivity index (χ1n) is 7.23. The van der Waals surface area contributed by atoms with Crippen molar-refractivity contribution in [3.63, 3.8) is 0 Å². The molecule has 1 atom stereocenters. The molecule has 0 amide bonds. The van der Waals surface area contributed by atoms with Gasteiger partial charge in [0, 0.05) is 6.07 Å². The minimum Gasteiger partial charge on any atom is -0.497 e. The highest BCUT2D eigenvalue weighted by molar-refractivity contribution is 5.87. The molecule has 0 saturated heterocycles. The molecule has 0 aromatic heterocycles. The van der Waals surface area contributed by atoms with E-state index in [1.54, 1.807) is 25.3 Å². The summed E-state index contributed by atoms with van der Waals surface area (Å²) < 4.78 is 10.4. The van der Waals surface area contributed by atoms with Crippen LogP contribution in [0, 0.1) is 0 Å². The fraction of sp³-hybridized carbons (Fsp3) is 0.222. The highest BCUT2D eigenvalue weighted by Gasteiger charge is 2.22. The molecule has 0 aliphatic heterocycles. The SMILES string of the molecule is COc1ccc(CC(C(=O)O)c2ccc(C(=O)O)cc2)c(OC)c1. The Labute approximate surface area is 139 Å². The van der Waals surface area contributed by atoms with Gasteiger partial charge < -0.3 is 19.7 Å². The van der Waals surface area contributed by atoms with E-state index in [0.717, 1.165) is 5.56 Å². The van der Waals surface area contributed by atoms with Crippen molar-refractivity contribution < 1.29 is 29.3 Å². The Kier molecular flexibility index (Phi) is 5.42. The molecule has 126 valence electrons. The zero-order chi connectivity index (χ0) is 17.7. The number of carboxylic acids is 2. The van der Waals surface area contributed by atoms with Gasteiger partial charge >= 0.3 is 11.9 Å². The largest absolute Gasteiger partial charge is 0.497 e. The van der Waals surface area contributed by atoms with E-state index in [1.165, 1.54) is 31.4 Å². The summed E-state index contributed by atoms with van der Waals surface area (Å²) in [6.45, 7) is 0. The van der Waals surface area contributed by atoms with Crippen molar-refractivity contribution in [1.29, 1.82) is 0 Å². The van der Waals surface area contributed by atoms with Crippen molar-refractivity contribution >= 4 is 11.9 Å². The van der Waals surface area contributed by atoms with Crippen LogP contribution in [0.25, 0.3) is 0 Å². The van der Waals surface area contributed by atoms with Gasteiger partial charge in [0.25, 0.3) is 0 Å². The van der Waals surface area contributed by atoms with Crippen molar-refractivity contribution in [2.24, 2.45) is 0 Å². The summed E-state index contributed by atoms with van der Waals surface area (Å²) in [6.07, 6.45) is 0.217. The maximum atomic E-state index is 11.7. The molecule has 2 rings (SSSR count). The highest BCUT2D eigenvalue weighted by atomic mass is 16.5. The van der Waals surface area contributed by atoms with Gasteiger partial charge in [-0.1, -0.05) is 18.2 Å². The predicted octanol–water partition coefficient (Wildman–Crippen LogP) is 2.81. The third-order valence-corrected chi connectivity index (χ3v) is 3.78. The first kappa shape index (κ1) is 17.3. The van der Waals surface area contributed by atoms with E-state index < -0.39 is 17.9 Å². The summed E-state index contributed by atoms with van der Waals surface area (Å²) in [7, 11) is 3.05. The monoisotopic (exact) mass is 330 g/mol. The summed E-state index contributed by atoms with van der Waals surface area (Å²) in [4.78, 5) is 22.6. The van der Waals surface area contributed by atoms with Gasteiger partial charge in [-0.3, -0.25) is 4.79 Å². The molecule has 24 heavy (non-hydrogen) atoms. The molecule has 0 aliphatic rings. The molecule has 0 spiro atoms. The van der Waals surface area contributed by atoms with Gasteiger partial charge in [0.05, 0.1) is 25.7 Å². The fourth-order valence-corrected chi connectivity index (χ4v) is 2.45. The summed E-state index contributed by atoms with van der Waals surface area (Å²) in [5.41, 5.74) is 1.38. The summed E-state index contributed by atoms with van der Waals surface area (Å²) >= 11 is 0. The topological polar surface area (TPSA) is 93.1 Å². The standard InChI is InChI=1S/C18H18O6/c1-23-14-8-7-13(16(10-14)24-2)9-15(18(21)22)11-3-5-12(6-4-11)17(19)20/h3-8,10,15H,9H2,1-2H3,(H,19,20)(H,21,22). The molecule has 0 aliphatic carbocycles. The Hall–Kier alpha value is -3.02. The molecule has 6 nitrogen and oxygen atoms in total. The Morgan fingerprint density at radius 2 is 1.67 bits per heavy atom. The van der Waals surface area contributed by atoms with Crippen LogP contribution in [-0.2, 0) is 11.2 Å². The van der Waals surface area contributed by atoms with Crippen LogP contribution in [0.3, 0.4) is 0 Å². The zero-order valence-corrected chi connectivity index (χ0v) is 13.4. The van der Waals surface area contributed by atoms with Crippen LogP contribution in [0.5, 0.6) is 11.5 Å². The molecule has 6 heteroatoms. The van der Waals surface area contributed by atoms with E-state index in [4.69, 9.17) is 14.6 Å². The minimum absolute atomic E-state index is 0.116. The third kappa shape index (κ3) is 3.84. The van der Waals surface area contributed by atoms with Gasteiger partial charge in [0.1, 0.15) is 11.5 Å². The number of carbonyl (C=O) groups is 2. The lowest BCUT2D eigenvalue weighted by Gasteiger charge is -2.16. The van der Waals surface area contributed by atoms with Gasteiger partial charge in [-0.05, 0) is 35.7 Å². The lowest BCUT2D eigenvalue weighted by Crippen LogP contribution is -2.15. The van der Waals surface area contributed by atoms with Crippen LogP contribution >= 0.6 is 0 Å². The maximum absolute atomic E-state index is 11.7. The molecule has 2 aromatic rings. The van der Waals surface area contributed by atoms with E-state index in [2.05, 4.69) is 0 Å². The molecular weight excluding hydrogens is 312 g/mol. The quantitative estimate of drug-likeness (QED) is 0.811. The van der Waals surface area contributed by atoms with Crippen LogP contribution in [0.15, 0.2) is 42.5 Å². The van der Waals surface area contributed by atoms with Crippen LogP contribution < -0.4 is 9.47 Å². The van der Waals surface area contributed by atoms with Gasteiger partial charge in [-0.15, -0.1) is 0 Å². The van der Waals surface area contributed by atoms with E-state index in [-0.39, 0.29) is 12.0 Å². The zero-order valence-electron chi connectivity index (χ0n) is 13.4. The minimum atomic E-state index is -1.05. The Balaban J connectivity index is 2.32. The summed E-state index contributed by atoms with van der Waals surface area (Å²) in [6, 6.07) is 11.1. The molecule has 2 aromatic carbocycles. The number of aromatic carboxylic acids is 1. The summed E-state index contributed by atoms with van der Waals surface area (Å²) in [5.74, 6) is -1.69. The maximum Gasteiger partial charge on any atom is 0.335 e. The Morgan fingerprint density at radius 3 is 2.17 bits per heavy atom. The highest BCUT2D eigenvalue weighted by Crippen LogP contribution is 2.30. The van der Waals surface area contributed by atoms with Crippen LogP contribution in [-0.4, -0.2) is 36.4 Å². The average Bonchev–Trinajstić information content (AvgIpc) is 2.59. The Morgan fingerprint density at radius 1 is 1.00 bits per heavy atom. The number of hydrogen-bond donors (Lipinski definition) is 2. The molecule has 0 radical (unpaired) electrons. The molecule has 0 heterocycles. The smallest absolute Gasteiger partial charge is 0.335 e. The van der Waals surface area contributed by atoms with Crippen molar-refractivity contribution in [1.82, 2.24) is 0 Å². The van der Waals surface area contributed by atoms with Crippen LogP contribution in [0.2, 0.25) is 0 Å². The average molecular weight is 330 g/mol. The fourth-order valence-electron chi connectivity index (χ4n) is 2.45. The van der Waals surface area contributed by atoms with Crippen LogP contribution in [0.1, 0.15) is 27.4 Å². The van der Waals surface area contributed by atoms with Crippen molar-refractivity contribution in [3.05, 3.63) is 59.2 Å². The van der Waals surface area contributed by atoms with Crippen molar-refractivity contribution in [3.8, 4) is 11.5 Å². The lowest BCUT2D eigenvalue weighted by molar-refractivity contribution is -0.138. The Bertz CT molecular complexity index is 736. The predicted molar refractivity (Wildman–Crippen MR) is 87.0 cm³/mol. The number of ether oxygens (including phenoxy) is 2.